The molecule has 1 heterocycles. The lowest BCUT2D eigenvalue weighted by Crippen LogP contribution is -2.11. The van der Waals surface area contributed by atoms with E-state index < -0.39 is 0 Å². The highest BCUT2D eigenvalue weighted by Crippen LogP contribution is 2.32. The van der Waals surface area contributed by atoms with Crippen molar-refractivity contribution in [3.05, 3.63) is 30.0 Å². The van der Waals surface area contributed by atoms with Gasteiger partial charge in [0.1, 0.15) is 17.3 Å². The predicted molar refractivity (Wildman–Crippen MR) is 82.5 cm³/mol. The summed E-state index contributed by atoms with van der Waals surface area (Å²) in [4.78, 5) is 8.99. The van der Waals surface area contributed by atoms with Crippen LogP contribution in [0.3, 0.4) is 0 Å². The molecule has 0 unspecified atom stereocenters. The maximum atomic E-state index is 5.49. The first kappa shape index (κ1) is 15.1. The van der Waals surface area contributed by atoms with E-state index in [1.54, 1.807) is 20.3 Å². The van der Waals surface area contributed by atoms with E-state index in [1.807, 2.05) is 18.2 Å². The third-order valence-electron chi connectivity index (χ3n) is 3.13. The first-order valence-corrected chi connectivity index (χ1v) is 6.67. The average Bonchev–Trinajstić information content (AvgIpc) is 2.53. The van der Waals surface area contributed by atoms with Gasteiger partial charge in [-0.25, -0.2) is 15.8 Å². The summed E-state index contributed by atoms with van der Waals surface area (Å²) in [6, 6.07) is 7.36. The predicted octanol–water partition coefficient (Wildman–Crippen LogP) is 2.57. The monoisotopic (exact) mass is 288 g/mol. The minimum Gasteiger partial charge on any atom is -0.497 e. The van der Waals surface area contributed by atoms with Crippen molar-refractivity contribution in [1.29, 1.82) is 0 Å². The summed E-state index contributed by atoms with van der Waals surface area (Å²) in [6.07, 6.45) is 0. The molecule has 0 aliphatic heterocycles. The third-order valence-corrected chi connectivity index (χ3v) is 3.13. The fourth-order valence-corrected chi connectivity index (χ4v) is 1.94. The highest BCUT2D eigenvalue weighted by Gasteiger charge is 2.14. The molecule has 6 heteroatoms. The van der Waals surface area contributed by atoms with Crippen molar-refractivity contribution in [3.63, 3.8) is 0 Å². The number of nitrogens with zero attached hydrogens (tertiary/aromatic N) is 2. The van der Waals surface area contributed by atoms with Gasteiger partial charge < -0.3 is 14.9 Å². The van der Waals surface area contributed by atoms with E-state index in [1.165, 1.54) is 0 Å². The fourth-order valence-electron chi connectivity index (χ4n) is 1.94. The number of nitrogens with two attached hydrogens (primary N) is 1. The Labute approximate surface area is 124 Å². The number of rotatable bonds is 5. The number of hydrogen-bond acceptors (Lipinski definition) is 6. The van der Waals surface area contributed by atoms with Gasteiger partial charge in [-0.15, -0.1) is 0 Å². The van der Waals surface area contributed by atoms with Crippen LogP contribution in [0.4, 0.5) is 5.82 Å². The molecular weight excluding hydrogens is 268 g/mol. The van der Waals surface area contributed by atoms with Crippen molar-refractivity contribution in [3.8, 4) is 22.9 Å². The summed E-state index contributed by atoms with van der Waals surface area (Å²) in [5, 5.41) is 0. The lowest BCUT2D eigenvalue weighted by atomic mass is 10.1. The molecule has 1 aromatic carbocycles. The second-order valence-corrected chi connectivity index (χ2v) is 4.87. The molecule has 0 aliphatic rings. The minimum absolute atomic E-state index is 0.267. The van der Waals surface area contributed by atoms with E-state index in [-0.39, 0.29) is 5.92 Å². The number of anilines is 1. The quantitative estimate of drug-likeness (QED) is 0.650. The zero-order valence-corrected chi connectivity index (χ0v) is 12.7. The Hall–Kier alpha value is -2.34. The number of hydrogen-bond donors (Lipinski definition) is 2. The molecule has 0 fully saturated rings. The van der Waals surface area contributed by atoms with Crippen molar-refractivity contribution in [2.75, 3.05) is 19.6 Å². The Balaban J connectivity index is 2.57. The smallest absolute Gasteiger partial charge is 0.165 e. The summed E-state index contributed by atoms with van der Waals surface area (Å²) in [7, 11) is 3.22. The molecule has 0 radical (unpaired) electrons. The molecule has 0 bridgehead atoms. The van der Waals surface area contributed by atoms with Gasteiger partial charge in [0.2, 0.25) is 0 Å². The van der Waals surface area contributed by atoms with Crippen LogP contribution in [0.5, 0.6) is 11.5 Å². The van der Waals surface area contributed by atoms with Gasteiger partial charge in [0.15, 0.2) is 5.82 Å². The van der Waals surface area contributed by atoms with Crippen molar-refractivity contribution in [1.82, 2.24) is 9.97 Å². The molecule has 0 saturated heterocycles. The van der Waals surface area contributed by atoms with Crippen LogP contribution < -0.4 is 20.7 Å². The van der Waals surface area contributed by atoms with Crippen LogP contribution in [-0.4, -0.2) is 24.2 Å². The van der Waals surface area contributed by atoms with E-state index in [2.05, 4.69) is 29.2 Å². The molecule has 2 rings (SSSR count). The van der Waals surface area contributed by atoms with Crippen molar-refractivity contribution >= 4 is 5.82 Å². The standard InChI is InChI=1S/C15H20N4O2/c1-9(2)12-8-14(19-16)18-15(17-12)11-6-5-10(20-3)7-13(11)21-4/h5-9H,16H2,1-4H3,(H,17,18,19). The number of methoxy groups -OCH3 is 2. The van der Waals surface area contributed by atoms with E-state index in [0.29, 0.717) is 23.1 Å². The summed E-state index contributed by atoms with van der Waals surface area (Å²) in [6.45, 7) is 4.13. The summed E-state index contributed by atoms with van der Waals surface area (Å²) in [5.74, 6) is 8.26. The van der Waals surface area contributed by atoms with Gasteiger partial charge in [0.25, 0.3) is 0 Å². The fraction of sp³-hybridized carbons (Fsp3) is 0.333. The number of aromatic nitrogens is 2. The third kappa shape index (κ3) is 3.22. The number of nitrogen functional groups attached to an aromatic ring is 1. The van der Waals surface area contributed by atoms with Crippen LogP contribution in [0, 0.1) is 0 Å². The SMILES string of the molecule is COc1ccc(-c2nc(NN)cc(C(C)C)n2)c(OC)c1. The van der Waals surface area contributed by atoms with Gasteiger partial charge in [-0.1, -0.05) is 13.8 Å². The lowest BCUT2D eigenvalue weighted by molar-refractivity contribution is 0.395. The summed E-state index contributed by atoms with van der Waals surface area (Å²) >= 11 is 0. The molecule has 0 spiro atoms. The van der Waals surface area contributed by atoms with Gasteiger partial charge in [-0.3, -0.25) is 0 Å². The first-order chi connectivity index (χ1) is 10.1. The topological polar surface area (TPSA) is 82.3 Å². The zero-order chi connectivity index (χ0) is 15.4. The molecule has 0 saturated carbocycles. The van der Waals surface area contributed by atoms with Gasteiger partial charge >= 0.3 is 0 Å². The van der Waals surface area contributed by atoms with Crippen LogP contribution in [0.15, 0.2) is 24.3 Å². The Kier molecular flexibility index (Phi) is 4.59. The number of ether oxygens (including phenoxy) is 2. The zero-order valence-electron chi connectivity index (χ0n) is 12.7. The van der Waals surface area contributed by atoms with E-state index >= 15 is 0 Å². The Morgan fingerprint density at radius 1 is 1.10 bits per heavy atom. The first-order valence-electron chi connectivity index (χ1n) is 6.67. The summed E-state index contributed by atoms with van der Waals surface area (Å²) < 4.78 is 10.6. The van der Waals surface area contributed by atoms with Gasteiger partial charge in [-0.05, 0) is 18.1 Å². The molecule has 0 aliphatic carbocycles. The van der Waals surface area contributed by atoms with Crippen molar-refractivity contribution in [2.24, 2.45) is 5.84 Å². The van der Waals surface area contributed by atoms with Crippen molar-refractivity contribution < 1.29 is 9.47 Å². The Bertz CT molecular complexity index is 629. The number of nitrogens with one attached hydrogen (secondary N) is 1. The maximum Gasteiger partial charge on any atom is 0.165 e. The normalized spacial score (nSPS) is 10.6. The maximum absolute atomic E-state index is 5.49. The lowest BCUT2D eigenvalue weighted by Gasteiger charge is -2.13. The van der Waals surface area contributed by atoms with Gasteiger partial charge in [0, 0.05) is 17.8 Å². The molecular formula is C15H20N4O2. The molecule has 0 amide bonds. The highest BCUT2D eigenvalue weighted by molar-refractivity contribution is 5.67. The number of hydrazine groups is 1. The van der Waals surface area contributed by atoms with Gasteiger partial charge in [0.05, 0.1) is 19.8 Å². The van der Waals surface area contributed by atoms with Crippen LogP contribution in [0.2, 0.25) is 0 Å². The largest absolute Gasteiger partial charge is 0.497 e. The van der Waals surface area contributed by atoms with Crippen molar-refractivity contribution in [2.45, 2.75) is 19.8 Å². The highest BCUT2D eigenvalue weighted by atomic mass is 16.5. The minimum atomic E-state index is 0.267. The van der Waals surface area contributed by atoms with Crippen LogP contribution in [-0.2, 0) is 0 Å². The molecule has 1 aromatic heterocycles. The van der Waals surface area contributed by atoms with E-state index in [9.17, 15) is 0 Å². The average molecular weight is 288 g/mol. The number of benzene rings is 1. The molecule has 0 atom stereocenters. The molecule has 3 N–H and O–H groups in total. The Morgan fingerprint density at radius 2 is 1.86 bits per heavy atom. The molecule has 112 valence electrons. The second-order valence-electron chi connectivity index (χ2n) is 4.87. The molecule has 21 heavy (non-hydrogen) atoms. The molecule has 6 nitrogen and oxygen atoms in total. The van der Waals surface area contributed by atoms with Gasteiger partial charge in [-0.2, -0.15) is 0 Å². The van der Waals surface area contributed by atoms with Crippen LogP contribution in [0.25, 0.3) is 11.4 Å². The summed E-state index contributed by atoms with van der Waals surface area (Å²) in [5.41, 5.74) is 4.27. The van der Waals surface area contributed by atoms with Crippen LogP contribution in [0.1, 0.15) is 25.5 Å². The van der Waals surface area contributed by atoms with E-state index in [0.717, 1.165) is 11.3 Å². The second kappa shape index (κ2) is 6.41. The Morgan fingerprint density at radius 3 is 2.43 bits per heavy atom. The van der Waals surface area contributed by atoms with E-state index in [4.69, 9.17) is 15.3 Å². The molecule has 2 aromatic rings. The van der Waals surface area contributed by atoms with Crippen LogP contribution >= 0.6 is 0 Å².